The van der Waals surface area contributed by atoms with E-state index in [1.165, 1.54) is 6.33 Å². The molecule has 0 bridgehead atoms. The fourth-order valence-corrected chi connectivity index (χ4v) is 1.96. The van der Waals surface area contributed by atoms with Gasteiger partial charge in [-0.2, -0.15) is 5.10 Å². The topological polar surface area (TPSA) is 99.1 Å². The van der Waals surface area contributed by atoms with Crippen LogP contribution in [0, 0.1) is 0 Å². The highest BCUT2D eigenvalue weighted by atomic mass is 16.5. The van der Waals surface area contributed by atoms with E-state index in [1.807, 2.05) is 12.1 Å². The monoisotopic (exact) mass is 297 g/mol. The van der Waals surface area contributed by atoms with E-state index in [1.54, 1.807) is 35.1 Å². The van der Waals surface area contributed by atoms with Crippen molar-refractivity contribution in [3.63, 3.8) is 0 Å². The van der Waals surface area contributed by atoms with Crippen LogP contribution >= 0.6 is 0 Å². The van der Waals surface area contributed by atoms with Crippen molar-refractivity contribution in [2.24, 2.45) is 0 Å². The van der Waals surface area contributed by atoms with Crippen LogP contribution in [0.15, 0.2) is 48.9 Å². The van der Waals surface area contributed by atoms with Crippen molar-refractivity contribution < 1.29 is 9.84 Å². The van der Waals surface area contributed by atoms with Gasteiger partial charge >= 0.3 is 0 Å². The number of hydrogen-bond donors (Lipinski definition) is 2. The molecule has 0 radical (unpaired) electrons. The molecule has 3 aromatic rings. The fourth-order valence-electron chi connectivity index (χ4n) is 1.96. The number of hydrogen-bond acceptors (Lipinski definition) is 6. The van der Waals surface area contributed by atoms with Gasteiger partial charge in [-0.1, -0.05) is 6.07 Å². The molecule has 0 aliphatic carbocycles. The Morgan fingerprint density at radius 3 is 2.86 bits per heavy atom. The standard InChI is InChI=1S/C15H15N5O2/c16-11-2-1-3-12(8-11)22-15-9-14(17-10-18-15)13-4-5-20(19-13)6-7-21/h1-5,8-10,21H,6-7,16H2. The zero-order valence-electron chi connectivity index (χ0n) is 11.8. The highest BCUT2D eigenvalue weighted by Gasteiger charge is 2.07. The molecule has 0 saturated heterocycles. The van der Waals surface area contributed by atoms with E-state index in [4.69, 9.17) is 15.6 Å². The van der Waals surface area contributed by atoms with Crippen molar-refractivity contribution in [1.29, 1.82) is 0 Å². The van der Waals surface area contributed by atoms with Crippen LogP contribution in [-0.2, 0) is 6.54 Å². The minimum atomic E-state index is 0.0364. The Kier molecular flexibility index (Phi) is 3.97. The van der Waals surface area contributed by atoms with Crippen LogP contribution in [0.3, 0.4) is 0 Å². The van der Waals surface area contributed by atoms with Crippen molar-refractivity contribution in [2.45, 2.75) is 6.54 Å². The Labute approximate surface area is 127 Å². The summed E-state index contributed by atoms with van der Waals surface area (Å²) in [6.45, 7) is 0.479. The summed E-state index contributed by atoms with van der Waals surface area (Å²) in [7, 11) is 0. The maximum atomic E-state index is 8.91. The normalized spacial score (nSPS) is 10.6. The zero-order chi connectivity index (χ0) is 15.4. The van der Waals surface area contributed by atoms with Crippen LogP contribution in [0.4, 0.5) is 5.69 Å². The molecule has 22 heavy (non-hydrogen) atoms. The molecule has 7 heteroatoms. The summed E-state index contributed by atoms with van der Waals surface area (Å²) in [6.07, 6.45) is 3.20. The van der Waals surface area contributed by atoms with Gasteiger partial charge in [0.05, 0.1) is 18.8 Å². The number of nitrogen functional groups attached to an aromatic ring is 1. The Morgan fingerprint density at radius 2 is 2.05 bits per heavy atom. The van der Waals surface area contributed by atoms with Gasteiger partial charge in [0.15, 0.2) is 0 Å². The molecule has 1 aromatic carbocycles. The first-order chi connectivity index (χ1) is 10.7. The van der Waals surface area contributed by atoms with Crippen LogP contribution in [0.5, 0.6) is 11.6 Å². The van der Waals surface area contributed by atoms with E-state index >= 15 is 0 Å². The molecule has 0 aliphatic heterocycles. The summed E-state index contributed by atoms with van der Waals surface area (Å²) in [6, 6.07) is 10.6. The fraction of sp³-hybridized carbons (Fsp3) is 0.133. The molecule has 0 atom stereocenters. The van der Waals surface area contributed by atoms with Crippen LogP contribution in [0.2, 0.25) is 0 Å². The summed E-state index contributed by atoms with van der Waals surface area (Å²) in [4.78, 5) is 8.27. The van der Waals surface area contributed by atoms with Gasteiger partial charge in [0.1, 0.15) is 17.8 Å². The molecular formula is C15H15N5O2. The van der Waals surface area contributed by atoms with Gasteiger partial charge < -0.3 is 15.6 Å². The predicted molar refractivity (Wildman–Crippen MR) is 81.3 cm³/mol. The van der Waals surface area contributed by atoms with E-state index in [0.29, 0.717) is 35.2 Å². The Bertz CT molecular complexity index is 772. The van der Waals surface area contributed by atoms with Crippen LogP contribution in [-0.4, -0.2) is 31.5 Å². The Hall–Kier alpha value is -2.93. The smallest absolute Gasteiger partial charge is 0.222 e. The Morgan fingerprint density at radius 1 is 1.14 bits per heavy atom. The largest absolute Gasteiger partial charge is 0.439 e. The number of ether oxygens (including phenoxy) is 1. The van der Waals surface area contributed by atoms with E-state index < -0.39 is 0 Å². The minimum Gasteiger partial charge on any atom is -0.439 e. The van der Waals surface area contributed by atoms with E-state index in [0.717, 1.165) is 0 Å². The lowest BCUT2D eigenvalue weighted by atomic mass is 10.3. The second-order valence-corrected chi connectivity index (χ2v) is 4.60. The molecular weight excluding hydrogens is 282 g/mol. The van der Waals surface area contributed by atoms with Crippen molar-refractivity contribution in [1.82, 2.24) is 19.7 Å². The lowest BCUT2D eigenvalue weighted by molar-refractivity contribution is 0.269. The number of aliphatic hydroxyl groups is 1. The summed E-state index contributed by atoms with van der Waals surface area (Å²) < 4.78 is 7.32. The van der Waals surface area contributed by atoms with Gasteiger partial charge in [0.2, 0.25) is 5.88 Å². The summed E-state index contributed by atoms with van der Waals surface area (Å²) in [5.74, 6) is 1.02. The lowest BCUT2D eigenvalue weighted by Gasteiger charge is -2.05. The molecule has 0 unspecified atom stereocenters. The number of benzene rings is 1. The first-order valence-corrected chi connectivity index (χ1v) is 6.75. The van der Waals surface area contributed by atoms with Gasteiger partial charge in [-0.05, 0) is 18.2 Å². The van der Waals surface area contributed by atoms with Crippen LogP contribution in [0.1, 0.15) is 0 Å². The van der Waals surface area contributed by atoms with Crippen molar-refractivity contribution in [3.8, 4) is 23.0 Å². The molecule has 0 saturated carbocycles. The molecule has 2 heterocycles. The van der Waals surface area contributed by atoms with Crippen LogP contribution < -0.4 is 10.5 Å². The average Bonchev–Trinajstić information content (AvgIpc) is 2.97. The molecule has 7 nitrogen and oxygen atoms in total. The summed E-state index contributed by atoms with van der Waals surface area (Å²) in [5, 5.41) is 13.2. The maximum Gasteiger partial charge on any atom is 0.222 e. The minimum absolute atomic E-state index is 0.0364. The van der Waals surface area contributed by atoms with Gasteiger partial charge in [-0.3, -0.25) is 4.68 Å². The van der Waals surface area contributed by atoms with E-state index in [2.05, 4.69) is 15.1 Å². The maximum absolute atomic E-state index is 8.91. The third-order valence-electron chi connectivity index (χ3n) is 2.95. The molecule has 2 aromatic heterocycles. The predicted octanol–water partition coefficient (Wildman–Crippen LogP) is 1.71. The number of rotatable bonds is 5. The zero-order valence-corrected chi connectivity index (χ0v) is 11.8. The third-order valence-corrected chi connectivity index (χ3v) is 2.95. The molecule has 0 amide bonds. The molecule has 112 valence electrons. The first kappa shape index (κ1) is 14.0. The number of aromatic nitrogens is 4. The molecule has 3 rings (SSSR count). The highest BCUT2D eigenvalue weighted by molar-refractivity contribution is 5.54. The number of nitrogens with zero attached hydrogens (tertiary/aromatic N) is 4. The summed E-state index contributed by atoms with van der Waals surface area (Å²) >= 11 is 0. The lowest BCUT2D eigenvalue weighted by Crippen LogP contribution is -2.02. The van der Waals surface area contributed by atoms with Crippen LogP contribution in [0.25, 0.3) is 11.4 Å². The molecule has 3 N–H and O–H groups in total. The van der Waals surface area contributed by atoms with Gasteiger partial charge in [-0.25, -0.2) is 9.97 Å². The van der Waals surface area contributed by atoms with Crippen molar-refractivity contribution >= 4 is 5.69 Å². The van der Waals surface area contributed by atoms with Crippen molar-refractivity contribution in [3.05, 3.63) is 48.9 Å². The molecule has 0 fully saturated rings. The number of nitrogens with two attached hydrogens (primary N) is 1. The summed E-state index contributed by atoms with van der Waals surface area (Å²) in [5.41, 5.74) is 7.67. The van der Waals surface area contributed by atoms with Gasteiger partial charge in [0.25, 0.3) is 0 Å². The Balaban J connectivity index is 1.82. The highest BCUT2D eigenvalue weighted by Crippen LogP contribution is 2.24. The molecule has 0 spiro atoms. The third kappa shape index (κ3) is 3.21. The van der Waals surface area contributed by atoms with E-state index in [-0.39, 0.29) is 6.61 Å². The quantitative estimate of drug-likeness (QED) is 0.695. The van der Waals surface area contributed by atoms with Crippen molar-refractivity contribution in [2.75, 3.05) is 12.3 Å². The second kappa shape index (κ2) is 6.23. The SMILES string of the molecule is Nc1cccc(Oc2cc(-c3ccn(CCO)n3)ncn2)c1. The molecule has 0 aliphatic rings. The second-order valence-electron chi connectivity index (χ2n) is 4.60. The number of aliphatic hydroxyl groups excluding tert-OH is 1. The van der Waals surface area contributed by atoms with E-state index in [9.17, 15) is 0 Å². The van der Waals surface area contributed by atoms with Gasteiger partial charge in [0, 0.05) is 24.0 Å². The first-order valence-electron chi connectivity index (χ1n) is 6.75. The van der Waals surface area contributed by atoms with Gasteiger partial charge in [-0.15, -0.1) is 0 Å². The average molecular weight is 297 g/mol. The number of anilines is 1.